The normalized spacial score (nSPS) is 32.5. The zero-order chi connectivity index (χ0) is 14.3. The molecule has 0 radical (unpaired) electrons. The molecular formula is C16H21ClN2O. The van der Waals surface area contributed by atoms with Crippen LogP contribution in [0.1, 0.15) is 36.5 Å². The highest BCUT2D eigenvalue weighted by Gasteiger charge is 2.57. The van der Waals surface area contributed by atoms with Crippen LogP contribution in [0.3, 0.4) is 0 Å². The van der Waals surface area contributed by atoms with Crippen molar-refractivity contribution in [2.24, 2.45) is 23.5 Å². The molecule has 2 aliphatic carbocycles. The fourth-order valence-corrected chi connectivity index (χ4v) is 3.98. The Morgan fingerprint density at radius 3 is 2.50 bits per heavy atom. The molecule has 0 aromatic heterocycles. The highest BCUT2D eigenvalue weighted by molar-refractivity contribution is 6.30. The average molecular weight is 293 g/mol. The summed E-state index contributed by atoms with van der Waals surface area (Å²) in [6.45, 7) is 2.14. The van der Waals surface area contributed by atoms with Gasteiger partial charge in [-0.2, -0.15) is 0 Å². The third-order valence-electron chi connectivity index (χ3n) is 4.88. The number of nitrogens with one attached hydrogen (secondary N) is 1. The van der Waals surface area contributed by atoms with Gasteiger partial charge in [-0.15, -0.1) is 0 Å². The SMILES string of the molecule is CCC(NC(=O)c1ccc(Cl)cc1)C1[C@H]2CC(N)C[C@@H]12. The molecule has 2 aliphatic rings. The monoisotopic (exact) mass is 292 g/mol. The fraction of sp³-hybridized carbons (Fsp3) is 0.562. The molecule has 3 rings (SSSR count). The average Bonchev–Trinajstić information content (AvgIpc) is 2.92. The van der Waals surface area contributed by atoms with Gasteiger partial charge in [0.05, 0.1) is 0 Å². The van der Waals surface area contributed by atoms with Crippen LogP contribution in [0.25, 0.3) is 0 Å². The van der Waals surface area contributed by atoms with Crippen molar-refractivity contribution in [1.29, 1.82) is 0 Å². The zero-order valence-electron chi connectivity index (χ0n) is 11.7. The number of carbonyl (C=O) groups is 1. The van der Waals surface area contributed by atoms with Gasteiger partial charge in [0.1, 0.15) is 0 Å². The molecule has 3 unspecified atom stereocenters. The van der Waals surface area contributed by atoms with Crippen LogP contribution in [0, 0.1) is 17.8 Å². The summed E-state index contributed by atoms with van der Waals surface area (Å²) in [7, 11) is 0. The van der Waals surface area contributed by atoms with Crippen molar-refractivity contribution in [3.63, 3.8) is 0 Å². The molecule has 2 fully saturated rings. The largest absolute Gasteiger partial charge is 0.349 e. The molecule has 3 nitrogen and oxygen atoms in total. The Morgan fingerprint density at radius 2 is 1.95 bits per heavy atom. The van der Waals surface area contributed by atoms with E-state index in [1.807, 2.05) is 0 Å². The number of halogens is 1. The van der Waals surface area contributed by atoms with Crippen molar-refractivity contribution in [3.05, 3.63) is 34.9 Å². The van der Waals surface area contributed by atoms with Crippen molar-refractivity contribution < 1.29 is 4.79 Å². The first-order valence-corrected chi connectivity index (χ1v) is 7.80. The van der Waals surface area contributed by atoms with E-state index in [9.17, 15) is 4.79 Å². The van der Waals surface area contributed by atoms with E-state index in [2.05, 4.69) is 12.2 Å². The van der Waals surface area contributed by atoms with Crippen LogP contribution in [-0.2, 0) is 0 Å². The summed E-state index contributed by atoms with van der Waals surface area (Å²) in [6, 6.07) is 7.71. The molecule has 3 N–H and O–H groups in total. The van der Waals surface area contributed by atoms with Crippen molar-refractivity contribution >= 4 is 17.5 Å². The molecule has 1 amide bonds. The lowest BCUT2D eigenvalue weighted by molar-refractivity contribution is 0.0927. The van der Waals surface area contributed by atoms with E-state index in [-0.39, 0.29) is 11.9 Å². The van der Waals surface area contributed by atoms with Crippen LogP contribution in [0.2, 0.25) is 5.02 Å². The van der Waals surface area contributed by atoms with Crippen LogP contribution in [-0.4, -0.2) is 18.0 Å². The number of hydrogen-bond acceptors (Lipinski definition) is 2. The van der Waals surface area contributed by atoms with Gasteiger partial charge >= 0.3 is 0 Å². The first-order valence-electron chi connectivity index (χ1n) is 7.42. The Bertz CT molecular complexity index is 490. The molecule has 20 heavy (non-hydrogen) atoms. The van der Waals surface area contributed by atoms with E-state index in [1.165, 1.54) is 0 Å². The molecule has 5 atom stereocenters. The molecular weight excluding hydrogens is 272 g/mol. The maximum atomic E-state index is 12.3. The predicted octanol–water partition coefficient (Wildman–Crippen LogP) is 2.83. The summed E-state index contributed by atoms with van der Waals surface area (Å²) in [5, 5.41) is 3.84. The number of rotatable bonds is 4. The molecule has 1 aromatic carbocycles. The predicted molar refractivity (Wildman–Crippen MR) is 80.7 cm³/mol. The Hall–Kier alpha value is -1.06. The summed E-state index contributed by atoms with van der Waals surface area (Å²) in [4.78, 5) is 12.3. The Kier molecular flexibility index (Phi) is 3.74. The standard InChI is InChI=1S/C16H21ClN2O/c1-2-14(15-12-7-11(18)8-13(12)15)19-16(20)9-3-5-10(17)6-4-9/h3-6,11-15H,2,7-8,18H2,1H3,(H,19,20)/t11?,12-,13+,14?,15?. The number of carbonyl (C=O) groups excluding carboxylic acids is 1. The molecule has 0 heterocycles. The smallest absolute Gasteiger partial charge is 0.251 e. The zero-order valence-corrected chi connectivity index (χ0v) is 12.4. The van der Waals surface area contributed by atoms with Gasteiger partial charge < -0.3 is 11.1 Å². The summed E-state index contributed by atoms with van der Waals surface area (Å²) >= 11 is 5.84. The molecule has 4 heteroatoms. The van der Waals surface area contributed by atoms with Crippen LogP contribution in [0.15, 0.2) is 24.3 Å². The highest BCUT2D eigenvalue weighted by Crippen LogP contribution is 2.58. The van der Waals surface area contributed by atoms with E-state index in [1.54, 1.807) is 24.3 Å². The topological polar surface area (TPSA) is 55.1 Å². The van der Waals surface area contributed by atoms with Gasteiger partial charge in [-0.05, 0) is 61.3 Å². The first kappa shape index (κ1) is 13.9. The van der Waals surface area contributed by atoms with Gasteiger partial charge in [-0.1, -0.05) is 18.5 Å². The Morgan fingerprint density at radius 1 is 1.35 bits per heavy atom. The van der Waals surface area contributed by atoms with Gasteiger partial charge in [0, 0.05) is 22.7 Å². The van der Waals surface area contributed by atoms with E-state index < -0.39 is 0 Å². The number of hydrogen-bond donors (Lipinski definition) is 2. The molecule has 0 spiro atoms. The van der Waals surface area contributed by atoms with Crippen molar-refractivity contribution in [1.82, 2.24) is 5.32 Å². The van der Waals surface area contributed by atoms with Crippen molar-refractivity contribution in [2.75, 3.05) is 0 Å². The lowest BCUT2D eigenvalue weighted by Gasteiger charge is -2.20. The Balaban J connectivity index is 1.61. The maximum absolute atomic E-state index is 12.3. The van der Waals surface area contributed by atoms with Gasteiger partial charge in [-0.25, -0.2) is 0 Å². The van der Waals surface area contributed by atoms with Crippen molar-refractivity contribution in [3.8, 4) is 0 Å². The highest BCUT2D eigenvalue weighted by atomic mass is 35.5. The lowest BCUT2D eigenvalue weighted by atomic mass is 9.99. The molecule has 2 saturated carbocycles. The van der Waals surface area contributed by atoms with Gasteiger partial charge in [0.25, 0.3) is 5.91 Å². The number of benzene rings is 1. The van der Waals surface area contributed by atoms with E-state index >= 15 is 0 Å². The van der Waals surface area contributed by atoms with E-state index in [4.69, 9.17) is 17.3 Å². The summed E-state index contributed by atoms with van der Waals surface area (Å²) in [5.74, 6) is 2.11. The minimum Gasteiger partial charge on any atom is -0.349 e. The van der Waals surface area contributed by atoms with Crippen LogP contribution < -0.4 is 11.1 Å². The first-order chi connectivity index (χ1) is 9.60. The number of nitrogens with two attached hydrogens (primary N) is 1. The molecule has 0 saturated heterocycles. The second-order valence-electron chi connectivity index (χ2n) is 6.13. The molecule has 108 valence electrons. The Labute approximate surface area is 124 Å². The van der Waals surface area contributed by atoms with Gasteiger partial charge in [-0.3, -0.25) is 4.79 Å². The lowest BCUT2D eigenvalue weighted by Crippen LogP contribution is -2.38. The van der Waals surface area contributed by atoms with Crippen molar-refractivity contribution in [2.45, 2.75) is 38.3 Å². The van der Waals surface area contributed by atoms with E-state index in [0.29, 0.717) is 22.5 Å². The van der Waals surface area contributed by atoms with Gasteiger partial charge in [0.15, 0.2) is 0 Å². The minimum absolute atomic E-state index is 0.00258. The van der Waals surface area contributed by atoms with Crippen LogP contribution in [0.5, 0.6) is 0 Å². The number of fused-ring (bicyclic) bond motifs is 1. The summed E-state index contributed by atoms with van der Waals surface area (Å²) in [5.41, 5.74) is 6.64. The molecule has 1 aromatic rings. The van der Waals surface area contributed by atoms with Crippen LogP contribution in [0.4, 0.5) is 0 Å². The third-order valence-corrected chi connectivity index (χ3v) is 5.13. The fourth-order valence-electron chi connectivity index (χ4n) is 3.85. The quantitative estimate of drug-likeness (QED) is 0.896. The molecule has 0 aliphatic heterocycles. The molecule has 0 bridgehead atoms. The van der Waals surface area contributed by atoms with Gasteiger partial charge in [0.2, 0.25) is 0 Å². The summed E-state index contributed by atoms with van der Waals surface area (Å²) < 4.78 is 0. The van der Waals surface area contributed by atoms with Crippen LogP contribution >= 0.6 is 11.6 Å². The summed E-state index contributed by atoms with van der Waals surface area (Å²) in [6.07, 6.45) is 3.23. The van der Waals surface area contributed by atoms with E-state index in [0.717, 1.165) is 31.1 Å². The third kappa shape index (κ3) is 2.57. The minimum atomic E-state index is 0.00258. The second-order valence-corrected chi connectivity index (χ2v) is 6.57. The maximum Gasteiger partial charge on any atom is 0.251 e. The second kappa shape index (κ2) is 5.38. The number of amides is 1.